The number of carbonyl (C=O) groups excluding carboxylic acids is 2. The van der Waals surface area contributed by atoms with Gasteiger partial charge in [0.1, 0.15) is 6.04 Å². The molecule has 1 fully saturated rings. The normalized spacial score (nSPS) is 14.7. The Hall–Kier alpha value is -4.56. The molecular formula is C37H44N6O2. The van der Waals surface area contributed by atoms with Gasteiger partial charge in [0.25, 0.3) is 0 Å². The maximum atomic E-state index is 14.4. The van der Waals surface area contributed by atoms with E-state index < -0.39 is 6.04 Å². The Morgan fingerprint density at radius 1 is 0.933 bits per heavy atom. The van der Waals surface area contributed by atoms with Crippen molar-refractivity contribution in [3.63, 3.8) is 0 Å². The van der Waals surface area contributed by atoms with E-state index in [0.29, 0.717) is 32.1 Å². The van der Waals surface area contributed by atoms with Crippen LogP contribution >= 0.6 is 0 Å². The molecule has 0 radical (unpaired) electrons. The number of hydrogen-bond acceptors (Lipinski definition) is 5. The Bertz CT molecular complexity index is 1600. The number of rotatable bonds is 10. The number of aryl methyl sites for hydroxylation is 2. The van der Waals surface area contributed by atoms with Gasteiger partial charge in [-0.3, -0.25) is 19.3 Å². The Morgan fingerprint density at radius 3 is 2.22 bits per heavy atom. The fourth-order valence-corrected chi connectivity index (χ4v) is 6.12. The first-order valence-electron chi connectivity index (χ1n) is 15.7. The Morgan fingerprint density at radius 2 is 1.62 bits per heavy atom. The van der Waals surface area contributed by atoms with E-state index >= 15 is 0 Å². The van der Waals surface area contributed by atoms with E-state index in [-0.39, 0.29) is 11.8 Å². The van der Waals surface area contributed by atoms with E-state index in [9.17, 15) is 9.59 Å². The summed E-state index contributed by atoms with van der Waals surface area (Å²) in [4.78, 5) is 39.0. The number of hydrogen-bond donors (Lipinski definition) is 0. The second-order valence-electron chi connectivity index (χ2n) is 12.1. The monoisotopic (exact) mass is 604 g/mol. The molecule has 0 aliphatic carbocycles. The molecule has 1 aliphatic heterocycles. The van der Waals surface area contributed by atoms with Gasteiger partial charge >= 0.3 is 0 Å². The zero-order chi connectivity index (χ0) is 31.9. The van der Waals surface area contributed by atoms with Crippen molar-refractivity contribution in [1.82, 2.24) is 29.5 Å². The summed E-state index contributed by atoms with van der Waals surface area (Å²) in [5.41, 5.74) is 6.61. The lowest BCUT2D eigenvalue weighted by Crippen LogP contribution is -2.54. The van der Waals surface area contributed by atoms with Gasteiger partial charge in [-0.2, -0.15) is 5.10 Å². The lowest BCUT2D eigenvalue weighted by molar-refractivity contribution is -0.145. The second kappa shape index (κ2) is 14.5. The third kappa shape index (κ3) is 7.75. The minimum Gasteiger partial charge on any atom is -0.341 e. The molecule has 1 saturated heterocycles. The van der Waals surface area contributed by atoms with Gasteiger partial charge in [0.05, 0.1) is 11.4 Å². The Kier molecular flexibility index (Phi) is 10.2. The SMILES string of the molecule is Cc1nn(C)c(C)c1/C=C/C(=O)N(Cc1ccc(-c2ccccn2)cc1)[C@@H](Cc1ccccc1)C(=O)N1CCC(N(C)C)CC1. The number of carbonyl (C=O) groups is 2. The summed E-state index contributed by atoms with van der Waals surface area (Å²) in [6.07, 6.45) is 7.48. The van der Waals surface area contributed by atoms with Gasteiger partial charge in [0.15, 0.2) is 0 Å². The number of amides is 2. The zero-order valence-electron chi connectivity index (χ0n) is 27.1. The maximum absolute atomic E-state index is 14.4. The van der Waals surface area contributed by atoms with E-state index in [0.717, 1.165) is 52.2 Å². The summed E-state index contributed by atoms with van der Waals surface area (Å²) in [7, 11) is 6.09. The highest BCUT2D eigenvalue weighted by atomic mass is 16.2. The van der Waals surface area contributed by atoms with Crippen molar-refractivity contribution in [2.75, 3.05) is 27.2 Å². The molecule has 1 atom stereocenters. The molecule has 2 aromatic heterocycles. The van der Waals surface area contributed by atoms with Gasteiger partial charge in [-0.1, -0.05) is 60.7 Å². The number of aromatic nitrogens is 3. The summed E-state index contributed by atoms with van der Waals surface area (Å²) in [6.45, 7) is 5.59. The fourth-order valence-electron chi connectivity index (χ4n) is 6.12. The van der Waals surface area contributed by atoms with Crippen molar-refractivity contribution in [3.8, 4) is 11.3 Å². The van der Waals surface area contributed by atoms with Crippen molar-refractivity contribution in [1.29, 1.82) is 0 Å². The van der Waals surface area contributed by atoms with Crippen LogP contribution in [0, 0.1) is 13.8 Å². The summed E-state index contributed by atoms with van der Waals surface area (Å²) >= 11 is 0. The molecular weight excluding hydrogens is 560 g/mol. The maximum Gasteiger partial charge on any atom is 0.247 e. The van der Waals surface area contributed by atoms with Crippen LogP contribution in [0.3, 0.4) is 0 Å². The highest BCUT2D eigenvalue weighted by molar-refractivity contribution is 5.96. The van der Waals surface area contributed by atoms with E-state index in [1.807, 2.05) is 109 Å². The third-order valence-electron chi connectivity index (χ3n) is 8.95. The molecule has 8 heteroatoms. The first-order valence-corrected chi connectivity index (χ1v) is 15.7. The molecule has 45 heavy (non-hydrogen) atoms. The van der Waals surface area contributed by atoms with Crippen molar-refractivity contribution < 1.29 is 9.59 Å². The van der Waals surface area contributed by atoms with E-state index in [4.69, 9.17) is 0 Å². The molecule has 234 valence electrons. The number of pyridine rings is 1. The average Bonchev–Trinajstić information content (AvgIpc) is 3.31. The van der Waals surface area contributed by atoms with Crippen molar-refractivity contribution in [2.45, 2.75) is 51.7 Å². The summed E-state index contributed by atoms with van der Waals surface area (Å²) in [5.74, 6) is -0.208. The van der Waals surface area contributed by atoms with Crippen LogP contribution in [0.1, 0.15) is 40.9 Å². The van der Waals surface area contributed by atoms with Gasteiger partial charge in [-0.15, -0.1) is 0 Å². The highest BCUT2D eigenvalue weighted by Crippen LogP contribution is 2.23. The fraction of sp³-hybridized carbons (Fsp3) is 0.351. The van der Waals surface area contributed by atoms with Gasteiger partial charge in [0, 0.05) is 68.2 Å². The molecule has 8 nitrogen and oxygen atoms in total. The predicted octanol–water partition coefficient (Wildman–Crippen LogP) is 5.30. The van der Waals surface area contributed by atoms with Crippen LogP contribution in [0.5, 0.6) is 0 Å². The smallest absolute Gasteiger partial charge is 0.247 e. The molecule has 0 N–H and O–H groups in total. The lowest BCUT2D eigenvalue weighted by Gasteiger charge is -2.39. The molecule has 0 saturated carbocycles. The van der Waals surface area contributed by atoms with E-state index in [1.54, 1.807) is 17.2 Å². The molecule has 0 unspecified atom stereocenters. The molecule has 2 aromatic carbocycles. The van der Waals surface area contributed by atoms with Gasteiger partial charge in [0.2, 0.25) is 11.8 Å². The van der Waals surface area contributed by atoms with Crippen LogP contribution in [0.15, 0.2) is 85.1 Å². The second-order valence-corrected chi connectivity index (χ2v) is 12.1. The number of likely N-dealkylation sites (tertiary alicyclic amines) is 1. The van der Waals surface area contributed by atoms with Gasteiger partial charge in [-0.05, 0) is 70.1 Å². The van der Waals surface area contributed by atoms with Gasteiger partial charge < -0.3 is 14.7 Å². The minimum atomic E-state index is -0.660. The average molecular weight is 605 g/mol. The standard InChI is InChI=1S/C37H44N6O2/c1-27-33(28(2)41(5)39-27)18-19-36(44)43(26-30-14-16-31(17-15-30)34-13-9-10-22-38-34)35(25-29-11-7-6-8-12-29)37(45)42-23-20-32(21-24-42)40(3)4/h6-19,22,32,35H,20-21,23-26H2,1-5H3/b19-18+/t35-/m0/s1. The minimum absolute atomic E-state index is 0.00310. The number of nitrogens with zero attached hydrogens (tertiary/aromatic N) is 6. The largest absolute Gasteiger partial charge is 0.341 e. The summed E-state index contributed by atoms with van der Waals surface area (Å²) in [5, 5.41) is 4.50. The first-order chi connectivity index (χ1) is 21.7. The van der Waals surface area contributed by atoms with Crippen LogP contribution in [-0.4, -0.2) is 80.5 Å². The zero-order valence-corrected chi connectivity index (χ0v) is 27.1. The first kappa shape index (κ1) is 31.9. The number of benzene rings is 2. The Labute approximate surface area is 267 Å². The van der Waals surface area contributed by atoms with Crippen LogP contribution in [-0.2, 0) is 29.6 Å². The van der Waals surface area contributed by atoms with Crippen LogP contribution in [0.25, 0.3) is 17.3 Å². The molecule has 0 bridgehead atoms. The lowest BCUT2D eigenvalue weighted by atomic mass is 9.98. The summed E-state index contributed by atoms with van der Waals surface area (Å²) in [6, 6.07) is 23.7. The van der Waals surface area contributed by atoms with Crippen molar-refractivity contribution in [2.24, 2.45) is 7.05 Å². The molecule has 3 heterocycles. The van der Waals surface area contributed by atoms with Crippen LogP contribution < -0.4 is 0 Å². The predicted molar refractivity (Wildman–Crippen MR) is 179 cm³/mol. The topological polar surface area (TPSA) is 74.6 Å². The van der Waals surface area contributed by atoms with E-state index in [2.05, 4.69) is 29.1 Å². The van der Waals surface area contributed by atoms with Crippen LogP contribution in [0.4, 0.5) is 0 Å². The Balaban J connectivity index is 1.49. The van der Waals surface area contributed by atoms with Crippen molar-refractivity contribution in [3.05, 3.63) is 113 Å². The summed E-state index contributed by atoms with van der Waals surface area (Å²) < 4.78 is 1.82. The third-order valence-corrected chi connectivity index (χ3v) is 8.95. The molecule has 1 aliphatic rings. The molecule has 0 spiro atoms. The van der Waals surface area contributed by atoms with Crippen molar-refractivity contribution >= 4 is 17.9 Å². The molecule has 5 rings (SSSR count). The molecule has 2 amide bonds. The van der Waals surface area contributed by atoms with E-state index in [1.165, 1.54) is 0 Å². The quantitative estimate of drug-likeness (QED) is 0.230. The van der Waals surface area contributed by atoms with Gasteiger partial charge in [-0.25, -0.2) is 0 Å². The number of piperidine rings is 1. The highest BCUT2D eigenvalue weighted by Gasteiger charge is 2.34. The molecule has 4 aromatic rings. The van der Waals surface area contributed by atoms with Crippen LogP contribution in [0.2, 0.25) is 0 Å².